The molecule has 0 aliphatic carbocycles. The molecule has 3 amide bonds. The smallest absolute Gasteiger partial charge is 0.217 e. The lowest BCUT2D eigenvalue weighted by Crippen LogP contribution is -2.70. The Bertz CT molecular complexity index is 2150. The van der Waals surface area contributed by atoms with E-state index >= 15 is 0 Å². The molecule has 21 N–H and O–H groups in total. The maximum atomic E-state index is 12.9. The molecule has 85 heavy (non-hydrogen) atoms. The number of rotatable bonds is 20. The maximum absolute atomic E-state index is 12.9. The molecule has 0 aromatic rings. The second-order valence-corrected chi connectivity index (χ2v) is 21.8. The molecular weight excluding hydrogens is 1160 g/mol. The number of amides is 3. The number of aliphatic hydroxyl groups excluding tert-OH is 18. The van der Waals surface area contributed by atoms with Gasteiger partial charge in [0.15, 0.2) is 44.0 Å². The van der Waals surface area contributed by atoms with Crippen LogP contribution in [-0.4, -0.2) is 357 Å². The van der Waals surface area contributed by atoms with Crippen molar-refractivity contribution in [2.75, 3.05) is 33.0 Å². The van der Waals surface area contributed by atoms with Crippen molar-refractivity contribution in [2.24, 2.45) is 0 Å². The minimum atomic E-state index is -2.13. The zero-order valence-electron chi connectivity index (χ0n) is 46.3. The minimum Gasteiger partial charge on any atom is -0.394 e. The second-order valence-electron chi connectivity index (χ2n) is 21.8. The number of hydrogen-bond donors (Lipinski definition) is 21. The van der Waals surface area contributed by atoms with Gasteiger partial charge < -0.3 is 169 Å². The van der Waals surface area contributed by atoms with E-state index in [1.54, 1.807) is 0 Å². The topological polar surface area (TPSA) is 571 Å². The maximum Gasteiger partial charge on any atom is 0.217 e. The Morgan fingerprint density at radius 2 is 0.718 bits per heavy atom. The van der Waals surface area contributed by atoms with Gasteiger partial charge in [-0.25, -0.2) is 0 Å². The number of ether oxygens (including phenoxy) is 13. The van der Waals surface area contributed by atoms with Crippen molar-refractivity contribution in [1.29, 1.82) is 0 Å². The van der Waals surface area contributed by atoms with Gasteiger partial charge in [-0.1, -0.05) is 0 Å². The molecule has 7 saturated heterocycles. The molecule has 0 aromatic heterocycles. The predicted octanol–water partition coefficient (Wildman–Crippen LogP) is -13.8. The van der Waals surface area contributed by atoms with Gasteiger partial charge in [0.2, 0.25) is 17.7 Å². The molecule has 0 unspecified atom stereocenters. The summed E-state index contributed by atoms with van der Waals surface area (Å²) in [5.41, 5.74) is 0. The van der Waals surface area contributed by atoms with Gasteiger partial charge in [0, 0.05) is 20.8 Å². The van der Waals surface area contributed by atoms with Crippen LogP contribution < -0.4 is 16.0 Å². The van der Waals surface area contributed by atoms with Crippen LogP contribution in [0.3, 0.4) is 0 Å². The van der Waals surface area contributed by atoms with Crippen molar-refractivity contribution in [3.8, 4) is 0 Å². The van der Waals surface area contributed by atoms with Crippen LogP contribution in [-0.2, 0) is 76.0 Å². The molecule has 0 aromatic carbocycles. The Labute approximate surface area is 483 Å². The lowest BCUT2D eigenvalue weighted by Gasteiger charge is -2.51. The average Bonchev–Trinajstić information content (AvgIpc) is 1.61. The Kier molecular flexibility index (Phi) is 24.5. The third kappa shape index (κ3) is 15.3. The number of nitrogens with one attached hydrogen (secondary N) is 3. The van der Waals surface area contributed by atoms with Gasteiger partial charge in [0.05, 0.1) is 45.2 Å². The fourth-order valence-corrected chi connectivity index (χ4v) is 11.0. The van der Waals surface area contributed by atoms with Crippen LogP contribution in [0.25, 0.3) is 0 Å². The molecule has 37 nitrogen and oxygen atoms in total. The van der Waals surface area contributed by atoms with E-state index in [4.69, 9.17) is 61.6 Å². The summed E-state index contributed by atoms with van der Waals surface area (Å²) in [5, 5.41) is 204. The van der Waals surface area contributed by atoms with Crippen molar-refractivity contribution in [1.82, 2.24) is 16.0 Å². The van der Waals surface area contributed by atoms with E-state index in [2.05, 4.69) is 16.0 Å². The Morgan fingerprint density at radius 1 is 0.329 bits per heavy atom. The van der Waals surface area contributed by atoms with Gasteiger partial charge in [-0.3, -0.25) is 14.4 Å². The summed E-state index contributed by atoms with van der Waals surface area (Å²) in [6.45, 7) is 0.736. The van der Waals surface area contributed by atoms with Gasteiger partial charge in [0.1, 0.15) is 159 Å². The van der Waals surface area contributed by atoms with Crippen LogP contribution in [0.4, 0.5) is 0 Å². The molecule has 7 aliphatic heterocycles. The average molecular weight is 1240 g/mol. The van der Waals surface area contributed by atoms with E-state index in [0.717, 1.165) is 20.8 Å². The summed E-state index contributed by atoms with van der Waals surface area (Å²) in [7, 11) is 0. The normalized spacial score (nSPS) is 49.8. The third-order valence-electron chi connectivity index (χ3n) is 15.7. The summed E-state index contributed by atoms with van der Waals surface area (Å²) < 4.78 is 76.6. The highest BCUT2D eigenvalue weighted by molar-refractivity contribution is 5.74. The highest BCUT2D eigenvalue weighted by Crippen LogP contribution is 2.38. The quantitative estimate of drug-likeness (QED) is 0.0538. The molecule has 0 spiro atoms. The molecule has 7 rings (SSSR count). The minimum absolute atomic E-state index is 0.794. The predicted molar refractivity (Wildman–Crippen MR) is 264 cm³/mol. The van der Waals surface area contributed by atoms with E-state index < -0.39 is 266 Å². The molecular formula is C48H81N3O34. The highest BCUT2D eigenvalue weighted by atomic mass is 16.8. The lowest BCUT2D eigenvalue weighted by molar-refractivity contribution is -0.399. The van der Waals surface area contributed by atoms with Gasteiger partial charge in [-0.05, 0) is 13.8 Å². The van der Waals surface area contributed by atoms with Crippen molar-refractivity contribution >= 4 is 17.7 Å². The Hall–Kier alpha value is -2.83. The van der Waals surface area contributed by atoms with Crippen molar-refractivity contribution in [2.45, 2.75) is 249 Å². The summed E-state index contributed by atoms with van der Waals surface area (Å²) in [6, 6.07) is -5.18. The number of hydrogen-bond acceptors (Lipinski definition) is 34. The molecule has 0 bridgehead atoms. The summed E-state index contributed by atoms with van der Waals surface area (Å²) >= 11 is 0. The van der Waals surface area contributed by atoms with E-state index in [1.807, 2.05) is 0 Å². The Morgan fingerprint density at radius 3 is 1.22 bits per heavy atom. The monoisotopic (exact) mass is 1240 g/mol. The second kappa shape index (κ2) is 29.9. The van der Waals surface area contributed by atoms with Gasteiger partial charge in [-0.15, -0.1) is 0 Å². The highest BCUT2D eigenvalue weighted by Gasteiger charge is 2.59. The van der Waals surface area contributed by atoms with Crippen LogP contribution in [0.5, 0.6) is 0 Å². The number of carbonyl (C=O) groups excluding carboxylic acids is 3. The molecule has 7 fully saturated rings. The summed E-state index contributed by atoms with van der Waals surface area (Å²) in [4.78, 5) is 37.7. The van der Waals surface area contributed by atoms with Crippen LogP contribution in [0.1, 0.15) is 34.6 Å². The standard InChI is InChI=1S/C48H81N3O34/c1-11-24(59)32(67)35(70)45(74-11)84-40-34(69)27(62)17(7-53)78-47(40)82-38-23(51-15(5)58)42(72)76-20(29(38)64)10-73-43-22(50-14(4)57)31(66)37(19(9-55)80-43)81-48-41(85-46-36(71)33(68)25(60)12(2)75-46)39(28(63)18(8-54)79-48)83-44-21(49-13(3)56)30(65)26(61)16(6-52)77-44/h11-12,16-48,52-55,59-72H,6-10H2,1-5H3,(H,49,56)(H,50,57)(H,51,58)/t11-,12-,16+,17+,18+,19+,20+,21+,22+,23+,24+,25+,26-,27-,28-,29-,30+,31+,32+,33+,34-,35-,36-,37+,38+,39-,40+,41+,42-,43+,44+,45-,46-,47-,48-/m0/s1. The van der Waals surface area contributed by atoms with E-state index in [1.165, 1.54) is 13.8 Å². The van der Waals surface area contributed by atoms with Crippen molar-refractivity contribution in [3.63, 3.8) is 0 Å². The van der Waals surface area contributed by atoms with Crippen LogP contribution in [0.2, 0.25) is 0 Å². The number of aliphatic hydroxyl groups is 18. The number of carbonyl (C=O) groups is 3. The molecule has 0 saturated carbocycles. The van der Waals surface area contributed by atoms with Crippen molar-refractivity contribution < 1.29 is 168 Å². The van der Waals surface area contributed by atoms with E-state index in [0.29, 0.717) is 0 Å². The lowest BCUT2D eigenvalue weighted by atomic mass is 9.94. The first kappa shape index (κ1) is 69.6. The Balaban J connectivity index is 1.15. The zero-order valence-corrected chi connectivity index (χ0v) is 46.3. The molecule has 7 heterocycles. The van der Waals surface area contributed by atoms with E-state index in [-0.39, 0.29) is 0 Å². The third-order valence-corrected chi connectivity index (χ3v) is 15.7. The molecule has 0 radical (unpaired) electrons. The first-order valence-electron chi connectivity index (χ1n) is 27.3. The molecule has 492 valence electrons. The van der Waals surface area contributed by atoms with Gasteiger partial charge in [0.25, 0.3) is 0 Å². The zero-order chi connectivity index (χ0) is 62.8. The summed E-state index contributed by atoms with van der Waals surface area (Å²) in [6.07, 6.45) is -59.8. The summed E-state index contributed by atoms with van der Waals surface area (Å²) in [5.74, 6) is -2.47. The largest absolute Gasteiger partial charge is 0.394 e. The molecule has 35 atom stereocenters. The molecule has 7 aliphatic rings. The fourth-order valence-electron chi connectivity index (χ4n) is 11.0. The first-order chi connectivity index (χ1) is 40.1. The molecule has 37 heteroatoms. The first-order valence-corrected chi connectivity index (χ1v) is 27.3. The van der Waals surface area contributed by atoms with E-state index in [9.17, 15) is 106 Å². The van der Waals surface area contributed by atoms with Crippen molar-refractivity contribution in [3.05, 3.63) is 0 Å². The van der Waals surface area contributed by atoms with Gasteiger partial charge >= 0.3 is 0 Å². The van der Waals surface area contributed by atoms with Crippen LogP contribution in [0.15, 0.2) is 0 Å². The van der Waals surface area contributed by atoms with Crippen LogP contribution in [0, 0.1) is 0 Å². The SMILES string of the molecule is CC(=O)N[C@@H]1[C@@H](O[C@@H]2O[C@H](CO)[C@H](O)[C@H](O)[C@H]2O[C@@H]2O[C@@H](C)[C@@H](O)[C@@H](O)[C@@H]2O)[C@@H](O)[C@@H](CO[C@@H]2O[C@H](CO)[C@@H](O[C@@H]3O[C@H](CO)[C@H](O)[C@H](O[C@H]4O[C@H](CO)[C@H](O)[C@H](O)[C@H]4NC(C)=O)[C@H]3O[C@@H]3O[C@@H](C)[C@@H](O)[C@@H](O)[C@@H]3O)[C@H](O)[C@H]2NC(C)=O)O[C@@H]1O. The fraction of sp³-hybridized carbons (Fsp3) is 0.938. The van der Waals surface area contributed by atoms with Gasteiger partial charge in [-0.2, -0.15) is 0 Å². The van der Waals surface area contributed by atoms with Crippen LogP contribution >= 0.6 is 0 Å².